The number of hydrogen-bond donors (Lipinski definition) is 2. The number of halogens is 1. The van der Waals surface area contributed by atoms with Crippen LogP contribution in [0.4, 0.5) is 0 Å². The van der Waals surface area contributed by atoms with Gasteiger partial charge >= 0.3 is 5.97 Å². The molecule has 0 aromatic carbocycles. The number of aromatic carboxylic acids is 1. The largest absolute Gasteiger partial charge is 0.477 e. The highest BCUT2D eigenvalue weighted by Crippen LogP contribution is 2.21. The van der Waals surface area contributed by atoms with E-state index in [4.69, 9.17) is 5.11 Å². The number of nitrogens with zero attached hydrogens (tertiary/aromatic N) is 1. The Balaban J connectivity index is 0.00000112. The number of rotatable bonds is 2. The molecule has 2 heterocycles. The van der Waals surface area contributed by atoms with Crippen molar-refractivity contribution in [1.82, 2.24) is 10.3 Å². The highest BCUT2D eigenvalue weighted by atomic mass is 35.5. The fraction of sp³-hybridized carbons (Fsp3) is 0.400. The van der Waals surface area contributed by atoms with Crippen molar-refractivity contribution in [2.75, 3.05) is 13.1 Å². The van der Waals surface area contributed by atoms with E-state index in [0.717, 1.165) is 25.1 Å². The van der Waals surface area contributed by atoms with Crippen molar-refractivity contribution in [3.8, 4) is 0 Å². The van der Waals surface area contributed by atoms with Crippen LogP contribution in [0.2, 0.25) is 0 Å². The molecule has 1 saturated heterocycles. The molecule has 1 atom stereocenters. The van der Waals surface area contributed by atoms with Crippen LogP contribution in [0.25, 0.3) is 0 Å². The summed E-state index contributed by atoms with van der Waals surface area (Å²) in [5.74, 6) is -0.520. The van der Waals surface area contributed by atoms with Crippen LogP contribution in [0, 0.1) is 0 Å². The fourth-order valence-corrected chi connectivity index (χ4v) is 1.76. The average molecular weight is 229 g/mol. The Labute approximate surface area is 94.1 Å². The molecule has 0 bridgehead atoms. The molecule has 2 N–H and O–H groups in total. The Bertz CT molecular complexity index is 351. The summed E-state index contributed by atoms with van der Waals surface area (Å²) in [4.78, 5) is 14.5. The Kier molecular flexibility index (Phi) is 4.05. The van der Waals surface area contributed by atoms with Crippen LogP contribution in [-0.4, -0.2) is 29.1 Å². The van der Waals surface area contributed by atoms with Gasteiger partial charge in [-0.05, 0) is 36.6 Å². The normalized spacial score (nSPS) is 19.6. The second kappa shape index (κ2) is 5.09. The molecule has 1 aromatic heterocycles. The summed E-state index contributed by atoms with van der Waals surface area (Å²) in [5, 5.41) is 12.0. The molecular formula is C10H13ClN2O2. The lowest BCUT2D eigenvalue weighted by atomic mass is 9.99. The molecule has 1 aliphatic rings. The van der Waals surface area contributed by atoms with E-state index >= 15 is 0 Å². The van der Waals surface area contributed by atoms with Crippen LogP contribution in [0.5, 0.6) is 0 Å². The molecule has 0 aliphatic carbocycles. The third-order valence-electron chi connectivity index (χ3n) is 2.53. The zero-order valence-corrected chi connectivity index (χ0v) is 8.96. The SMILES string of the molecule is Cl.O=C(O)c1cc(C2CCNC2)ccn1. The van der Waals surface area contributed by atoms with E-state index in [1.54, 1.807) is 12.3 Å². The molecule has 1 aliphatic heterocycles. The molecular weight excluding hydrogens is 216 g/mol. The molecule has 2 rings (SSSR count). The van der Waals surface area contributed by atoms with Gasteiger partial charge in [-0.2, -0.15) is 0 Å². The summed E-state index contributed by atoms with van der Waals surface area (Å²) in [5.41, 5.74) is 1.21. The molecule has 1 fully saturated rings. The molecule has 15 heavy (non-hydrogen) atoms. The Morgan fingerprint density at radius 1 is 1.60 bits per heavy atom. The second-order valence-corrected chi connectivity index (χ2v) is 3.47. The van der Waals surface area contributed by atoms with Crippen molar-refractivity contribution >= 4 is 18.4 Å². The number of aromatic nitrogens is 1. The molecule has 0 radical (unpaired) electrons. The fourth-order valence-electron chi connectivity index (χ4n) is 1.76. The van der Waals surface area contributed by atoms with Gasteiger partial charge in [-0.15, -0.1) is 12.4 Å². The maximum atomic E-state index is 10.7. The standard InChI is InChI=1S/C10H12N2O2.ClH/c13-10(14)9-5-7(2-4-12-9)8-1-3-11-6-8;/h2,4-5,8,11H,1,3,6H2,(H,13,14);1H. The van der Waals surface area contributed by atoms with Crippen LogP contribution in [0.1, 0.15) is 28.4 Å². The van der Waals surface area contributed by atoms with Crippen LogP contribution in [0.15, 0.2) is 18.3 Å². The first-order chi connectivity index (χ1) is 6.77. The Morgan fingerprint density at radius 3 is 3.00 bits per heavy atom. The Morgan fingerprint density at radius 2 is 2.40 bits per heavy atom. The molecule has 1 unspecified atom stereocenters. The first-order valence-corrected chi connectivity index (χ1v) is 4.67. The summed E-state index contributed by atoms with van der Waals surface area (Å²) in [7, 11) is 0. The minimum atomic E-state index is -0.960. The van der Waals surface area contributed by atoms with Crippen LogP contribution in [-0.2, 0) is 0 Å². The van der Waals surface area contributed by atoms with Gasteiger partial charge in [0, 0.05) is 12.7 Å². The monoisotopic (exact) mass is 228 g/mol. The van der Waals surface area contributed by atoms with Crippen molar-refractivity contribution in [2.45, 2.75) is 12.3 Å². The van der Waals surface area contributed by atoms with Crippen LogP contribution >= 0.6 is 12.4 Å². The van der Waals surface area contributed by atoms with Crippen molar-refractivity contribution < 1.29 is 9.90 Å². The second-order valence-electron chi connectivity index (χ2n) is 3.47. The van der Waals surface area contributed by atoms with E-state index in [2.05, 4.69) is 10.3 Å². The zero-order valence-electron chi connectivity index (χ0n) is 8.14. The van der Waals surface area contributed by atoms with Crippen LogP contribution in [0.3, 0.4) is 0 Å². The summed E-state index contributed by atoms with van der Waals surface area (Å²) in [6, 6.07) is 3.56. The molecule has 5 heteroatoms. The maximum absolute atomic E-state index is 10.7. The highest BCUT2D eigenvalue weighted by Gasteiger charge is 2.17. The lowest BCUT2D eigenvalue weighted by Crippen LogP contribution is -2.09. The van der Waals surface area contributed by atoms with E-state index in [-0.39, 0.29) is 18.1 Å². The van der Waals surface area contributed by atoms with Crippen molar-refractivity contribution in [3.63, 3.8) is 0 Å². The van der Waals surface area contributed by atoms with Crippen molar-refractivity contribution in [1.29, 1.82) is 0 Å². The lowest BCUT2D eigenvalue weighted by molar-refractivity contribution is 0.0690. The third-order valence-corrected chi connectivity index (χ3v) is 2.53. The van der Waals surface area contributed by atoms with Gasteiger partial charge in [-0.1, -0.05) is 0 Å². The molecule has 0 amide bonds. The number of nitrogens with one attached hydrogen (secondary N) is 1. The van der Waals surface area contributed by atoms with E-state index < -0.39 is 5.97 Å². The predicted octanol–water partition coefficient (Wildman–Crippen LogP) is 1.28. The summed E-state index contributed by atoms with van der Waals surface area (Å²) in [6.45, 7) is 1.94. The minimum Gasteiger partial charge on any atom is -0.477 e. The predicted molar refractivity (Wildman–Crippen MR) is 58.7 cm³/mol. The summed E-state index contributed by atoms with van der Waals surface area (Å²) in [6.07, 6.45) is 2.64. The van der Waals surface area contributed by atoms with E-state index in [0.29, 0.717) is 5.92 Å². The highest BCUT2D eigenvalue weighted by molar-refractivity contribution is 5.85. The molecule has 4 nitrogen and oxygen atoms in total. The van der Waals surface area contributed by atoms with Gasteiger partial charge in [0.2, 0.25) is 0 Å². The number of carbonyl (C=O) groups is 1. The van der Waals surface area contributed by atoms with Crippen molar-refractivity contribution in [2.24, 2.45) is 0 Å². The molecule has 0 spiro atoms. The molecule has 1 aromatic rings. The van der Waals surface area contributed by atoms with Gasteiger partial charge in [-0.25, -0.2) is 9.78 Å². The maximum Gasteiger partial charge on any atom is 0.354 e. The first kappa shape index (κ1) is 11.9. The number of hydrogen-bond acceptors (Lipinski definition) is 3. The van der Waals surface area contributed by atoms with E-state index in [1.165, 1.54) is 0 Å². The number of pyridine rings is 1. The van der Waals surface area contributed by atoms with Crippen molar-refractivity contribution in [3.05, 3.63) is 29.6 Å². The summed E-state index contributed by atoms with van der Waals surface area (Å²) >= 11 is 0. The number of carboxylic acids is 1. The lowest BCUT2D eigenvalue weighted by Gasteiger charge is -2.08. The van der Waals surface area contributed by atoms with E-state index in [9.17, 15) is 4.79 Å². The van der Waals surface area contributed by atoms with Gasteiger partial charge in [0.15, 0.2) is 0 Å². The first-order valence-electron chi connectivity index (χ1n) is 4.67. The minimum absolute atomic E-state index is 0. The van der Waals surface area contributed by atoms with Gasteiger partial charge in [0.05, 0.1) is 0 Å². The Hall–Kier alpha value is -1.13. The van der Waals surface area contributed by atoms with Gasteiger partial charge < -0.3 is 10.4 Å². The zero-order chi connectivity index (χ0) is 9.97. The van der Waals surface area contributed by atoms with Gasteiger partial charge in [0.25, 0.3) is 0 Å². The van der Waals surface area contributed by atoms with Crippen LogP contribution < -0.4 is 5.32 Å². The quantitative estimate of drug-likeness (QED) is 0.801. The smallest absolute Gasteiger partial charge is 0.354 e. The topological polar surface area (TPSA) is 62.2 Å². The molecule has 82 valence electrons. The summed E-state index contributed by atoms with van der Waals surface area (Å²) < 4.78 is 0. The van der Waals surface area contributed by atoms with Gasteiger partial charge in [0.1, 0.15) is 5.69 Å². The number of carboxylic acid groups (broad SMARTS) is 1. The van der Waals surface area contributed by atoms with E-state index in [1.807, 2.05) is 6.07 Å². The molecule has 0 saturated carbocycles. The third kappa shape index (κ3) is 2.67. The average Bonchev–Trinajstić information content (AvgIpc) is 2.71. The van der Waals surface area contributed by atoms with Gasteiger partial charge in [-0.3, -0.25) is 0 Å².